The second kappa shape index (κ2) is 2.88. The molecule has 3 rings (SSSR count). The fourth-order valence-corrected chi connectivity index (χ4v) is 5.56. The van der Waals surface area contributed by atoms with E-state index in [0.717, 1.165) is 5.92 Å². The van der Waals surface area contributed by atoms with Gasteiger partial charge in [-0.3, -0.25) is 0 Å². The third kappa shape index (κ3) is 0.991. The highest BCUT2D eigenvalue weighted by Crippen LogP contribution is 2.73. The van der Waals surface area contributed by atoms with Crippen molar-refractivity contribution >= 4 is 11.6 Å². The third-order valence-electron chi connectivity index (χ3n) is 6.06. The molecule has 0 aromatic heterocycles. The standard InChI is InChI=1S/C15H23Cl/c1-13(2)7-6-12(16)15-8-5-10(9-11(13)15)14(15,3)4/h9-10,12H,5-8H2,1-4H3. The maximum absolute atomic E-state index is 6.77. The monoisotopic (exact) mass is 238 g/mol. The Hall–Kier alpha value is 0.0300. The van der Waals surface area contributed by atoms with Crippen LogP contribution in [0.4, 0.5) is 0 Å². The van der Waals surface area contributed by atoms with Gasteiger partial charge in [-0.25, -0.2) is 0 Å². The molecule has 0 N–H and O–H groups in total. The van der Waals surface area contributed by atoms with Crippen LogP contribution >= 0.6 is 11.6 Å². The molecule has 0 saturated heterocycles. The highest BCUT2D eigenvalue weighted by atomic mass is 35.5. The Kier molecular flexibility index (Phi) is 2.01. The Balaban J connectivity index is 2.18. The first kappa shape index (κ1) is 11.1. The van der Waals surface area contributed by atoms with Crippen LogP contribution in [0.15, 0.2) is 11.6 Å². The van der Waals surface area contributed by atoms with Gasteiger partial charge in [-0.1, -0.05) is 39.3 Å². The van der Waals surface area contributed by atoms with Crippen molar-refractivity contribution in [1.82, 2.24) is 0 Å². The molecule has 3 unspecified atom stereocenters. The first-order chi connectivity index (χ1) is 7.32. The average Bonchev–Trinajstić information content (AvgIpc) is 2.59. The van der Waals surface area contributed by atoms with Crippen molar-refractivity contribution in [3.63, 3.8) is 0 Å². The molecule has 0 amide bonds. The zero-order valence-corrected chi connectivity index (χ0v) is 11.7. The predicted molar refractivity (Wildman–Crippen MR) is 69.7 cm³/mol. The van der Waals surface area contributed by atoms with Gasteiger partial charge in [-0.2, -0.15) is 0 Å². The first-order valence-electron chi connectivity index (χ1n) is 6.69. The van der Waals surface area contributed by atoms with Crippen molar-refractivity contribution in [1.29, 1.82) is 0 Å². The van der Waals surface area contributed by atoms with Crippen LogP contribution in [0.25, 0.3) is 0 Å². The number of hydrogen-bond donors (Lipinski definition) is 0. The van der Waals surface area contributed by atoms with Crippen LogP contribution < -0.4 is 0 Å². The van der Waals surface area contributed by atoms with Gasteiger partial charge in [-0.05, 0) is 42.4 Å². The van der Waals surface area contributed by atoms with Crippen molar-refractivity contribution in [2.24, 2.45) is 22.2 Å². The SMILES string of the molecule is CC1(C)CCC(Cl)C23CCC(C=C12)C3(C)C. The number of allylic oxidation sites excluding steroid dienone is 2. The number of rotatable bonds is 0. The lowest BCUT2D eigenvalue weighted by Crippen LogP contribution is -2.48. The Bertz CT molecular complexity index is 364. The molecule has 0 aliphatic heterocycles. The second-order valence-corrected chi connectivity index (χ2v) is 7.84. The molecule has 1 heteroatoms. The predicted octanol–water partition coefficient (Wildman–Crippen LogP) is 4.78. The zero-order valence-electron chi connectivity index (χ0n) is 10.9. The van der Waals surface area contributed by atoms with Gasteiger partial charge in [0.1, 0.15) is 0 Å². The summed E-state index contributed by atoms with van der Waals surface area (Å²) < 4.78 is 0. The summed E-state index contributed by atoms with van der Waals surface area (Å²) in [6.45, 7) is 9.73. The van der Waals surface area contributed by atoms with E-state index >= 15 is 0 Å². The van der Waals surface area contributed by atoms with E-state index in [1.807, 2.05) is 0 Å². The van der Waals surface area contributed by atoms with Gasteiger partial charge < -0.3 is 0 Å². The lowest BCUT2D eigenvalue weighted by Gasteiger charge is -2.53. The van der Waals surface area contributed by atoms with Crippen molar-refractivity contribution in [2.45, 2.75) is 58.8 Å². The van der Waals surface area contributed by atoms with Crippen LogP contribution in [-0.2, 0) is 0 Å². The van der Waals surface area contributed by atoms with Crippen LogP contribution in [0.5, 0.6) is 0 Å². The average molecular weight is 239 g/mol. The summed E-state index contributed by atoms with van der Waals surface area (Å²) in [6.07, 6.45) is 7.74. The Morgan fingerprint density at radius 3 is 2.38 bits per heavy atom. The van der Waals surface area contributed by atoms with E-state index < -0.39 is 0 Å². The van der Waals surface area contributed by atoms with Crippen molar-refractivity contribution < 1.29 is 0 Å². The van der Waals surface area contributed by atoms with E-state index in [1.165, 1.54) is 25.7 Å². The molecule has 3 aliphatic carbocycles. The fourth-order valence-electron chi connectivity index (χ4n) is 4.95. The van der Waals surface area contributed by atoms with E-state index in [0.29, 0.717) is 21.6 Å². The van der Waals surface area contributed by atoms with Gasteiger partial charge >= 0.3 is 0 Å². The molecule has 2 saturated carbocycles. The van der Waals surface area contributed by atoms with Gasteiger partial charge in [0.15, 0.2) is 0 Å². The molecule has 1 spiro atoms. The van der Waals surface area contributed by atoms with Crippen LogP contribution in [0.2, 0.25) is 0 Å². The highest BCUT2D eigenvalue weighted by Gasteiger charge is 2.66. The molecule has 0 radical (unpaired) electrons. The molecule has 0 aromatic carbocycles. The topological polar surface area (TPSA) is 0 Å². The molecular weight excluding hydrogens is 216 g/mol. The molecule has 0 aromatic rings. The maximum Gasteiger partial charge on any atom is 0.0435 e. The van der Waals surface area contributed by atoms with Crippen LogP contribution in [0.3, 0.4) is 0 Å². The number of fused-ring (bicyclic) bond motifs is 1. The van der Waals surface area contributed by atoms with E-state index in [4.69, 9.17) is 11.6 Å². The normalized spacial score (nSPS) is 47.7. The summed E-state index contributed by atoms with van der Waals surface area (Å²) in [5.41, 5.74) is 2.80. The third-order valence-corrected chi connectivity index (χ3v) is 6.65. The minimum Gasteiger partial charge on any atom is -0.122 e. The molecule has 0 heterocycles. The number of hydrogen-bond acceptors (Lipinski definition) is 0. The van der Waals surface area contributed by atoms with E-state index in [9.17, 15) is 0 Å². The second-order valence-electron chi connectivity index (χ2n) is 7.31. The summed E-state index contributed by atoms with van der Waals surface area (Å²) in [4.78, 5) is 0. The summed E-state index contributed by atoms with van der Waals surface area (Å²) in [5.74, 6) is 0.779. The Morgan fingerprint density at radius 2 is 1.81 bits per heavy atom. The van der Waals surface area contributed by atoms with E-state index in [2.05, 4.69) is 33.8 Å². The summed E-state index contributed by atoms with van der Waals surface area (Å²) in [5, 5.41) is 0.370. The van der Waals surface area contributed by atoms with Gasteiger partial charge in [0.2, 0.25) is 0 Å². The van der Waals surface area contributed by atoms with Gasteiger partial charge in [0.25, 0.3) is 0 Å². The highest BCUT2D eigenvalue weighted by molar-refractivity contribution is 6.21. The van der Waals surface area contributed by atoms with Crippen molar-refractivity contribution in [3.05, 3.63) is 11.6 Å². The Labute approximate surface area is 104 Å². The number of halogens is 1. The van der Waals surface area contributed by atoms with Crippen LogP contribution in [0.1, 0.15) is 53.4 Å². The lowest BCUT2D eigenvalue weighted by molar-refractivity contribution is 0.0863. The minimum atomic E-state index is 0.320. The van der Waals surface area contributed by atoms with Gasteiger partial charge in [0, 0.05) is 10.8 Å². The molecule has 90 valence electrons. The molecule has 2 bridgehead atoms. The summed E-state index contributed by atoms with van der Waals surface area (Å²) in [6, 6.07) is 0. The minimum absolute atomic E-state index is 0.320. The number of alkyl halides is 1. The maximum atomic E-state index is 6.77. The molecular formula is C15H23Cl. The summed E-state index contributed by atoms with van der Waals surface area (Å²) in [7, 11) is 0. The summed E-state index contributed by atoms with van der Waals surface area (Å²) >= 11 is 6.77. The van der Waals surface area contributed by atoms with Gasteiger partial charge in [0.05, 0.1) is 0 Å². The van der Waals surface area contributed by atoms with Crippen LogP contribution in [-0.4, -0.2) is 5.38 Å². The van der Waals surface area contributed by atoms with Crippen molar-refractivity contribution in [2.75, 3.05) is 0 Å². The zero-order chi connectivity index (χ0) is 11.8. The molecule has 2 fully saturated rings. The fraction of sp³-hybridized carbons (Fsp3) is 0.867. The van der Waals surface area contributed by atoms with Crippen LogP contribution in [0, 0.1) is 22.2 Å². The van der Waals surface area contributed by atoms with Crippen molar-refractivity contribution in [3.8, 4) is 0 Å². The molecule has 0 nitrogen and oxygen atoms in total. The molecule has 3 atom stereocenters. The largest absolute Gasteiger partial charge is 0.122 e. The first-order valence-corrected chi connectivity index (χ1v) is 7.13. The molecule has 3 aliphatic rings. The van der Waals surface area contributed by atoms with Gasteiger partial charge in [-0.15, -0.1) is 11.6 Å². The Morgan fingerprint density at radius 1 is 1.12 bits per heavy atom. The van der Waals surface area contributed by atoms with E-state index in [1.54, 1.807) is 5.57 Å². The van der Waals surface area contributed by atoms with E-state index in [-0.39, 0.29) is 0 Å². The smallest absolute Gasteiger partial charge is 0.0435 e. The quantitative estimate of drug-likeness (QED) is 0.421. The lowest BCUT2D eigenvalue weighted by atomic mass is 9.54. The molecule has 16 heavy (non-hydrogen) atoms.